The third-order valence-electron chi connectivity index (χ3n) is 3.56. The van der Waals surface area contributed by atoms with Crippen LogP contribution in [0.5, 0.6) is 5.75 Å². The quantitative estimate of drug-likeness (QED) is 0.897. The molecule has 1 aliphatic carbocycles. The van der Waals surface area contributed by atoms with E-state index in [2.05, 4.69) is 0 Å². The Morgan fingerprint density at radius 3 is 2.72 bits per heavy atom. The lowest BCUT2D eigenvalue weighted by Gasteiger charge is -2.28. The van der Waals surface area contributed by atoms with Crippen LogP contribution in [-0.2, 0) is 0 Å². The van der Waals surface area contributed by atoms with Gasteiger partial charge in [0, 0.05) is 12.6 Å². The molecule has 0 aromatic heterocycles. The van der Waals surface area contributed by atoms with Gasteiger partial charge in [-0.05, 0) is 38.0 Å². The van der Waals surface area contributed by atoms with Gasteiger partial charge in [0.05, 0.1) is 5.56 Å². The van der Waals surface area contributed by atoms with Crippen LogP contribution in [0.15, 0.2) is 18.2 Å². The first kappa shape index (κ1) is 12.9. The molecule has 1 aromatic rings. The van der Waals surface area contributed by atoms with E-state index in [4.69, 9.17) is 0 Å². The number of nitrogens with zero attached hydrogens (tertiary/aromatic N) is 1. The Hall–Kier alpha value is -1.58. The SMILES string of the molecule is CCN(C(=O)c1cc(F)ccc1O)C1CCCC1. The summed E-state index contributed by atoms with van der Waals surface area (Å²) in [7, 11) is 0. The number of phenols is 1. The smallest absolute Gasteiger partial charge is 0.257 e. The van der Waals surface area contributed by atoms with Crippen molar-refractivity contribution >= 4 is 5.91 Å². The fraction of sp³-hybridized carbons (Fsp3) is 0.500. The van der Waals surface area contributed by atoms with E-state index in [9.17, 15) is 14.3 Å². The molecule has 98 valence electrons. The van der Waals surface area contributed by atoms with Crippen LogP contribution in [0, 0.1) is 5.82 Å². The Balaban J connectivity index is 2.25. The zero-order valence-electron chi connectivity index (χ0n) is 10.5. The molecule has 0 atom stereocenters. The molecule has 1 aromatic carbocycles. The lowest BCUT2D eigenvalue weighted by Crippen LogP contribution is -2.38. The fourth-order valence-electron chi connectivity index (χ4n) is 2.62. The maximum Gasteiger partial charge on any atom is 0.257 e. The normalized spacial score (nSPS) is 15.9. The van der Waals surface area contributed by atoms with Crippen LogP contribution in [0.2, 0.25) is 0 Å². The van der Waals surface area contributed by atoms with Crippen LogP contribution >= 0.6 is 0 Å². The van der Waals surface area contributed by atoms with E-state index in [1.165, 1.54) is 6.07 Å². The molecule has 1 amide bonds. The van der Waals surface area contributed by atoms with Crippen molar-refractivity contribution in [3.05, 3.63) is 29.6 Å². The minimum absolute atomic E-state index is 0.0590. The second-order valence-electron chi connectivity index (χ2n) is 4.69. The lowest BCUT2D eigenvalue weighted by atomic mass is 10.1. The van der Waals surface area contributed by atoms with Crippen LogP contribution in [-0.4, -0.2) is 28.5 Å². The molecule has 3 nitrogen and oxygen atoms in total. The number of benzene rings is 1. The van der Waals surface area contributed by atoms with Crippen LogP contribution in [0.1, 0.15) is 43.0 Å². The van der Waals surface area contributed by atoms with Crippen molar-refractivity contribution in [3.8, 4) is 5.75 Å². The summed E-state index contributed by atoms with van der Waals surface area (Å²) >= 11 is 0. The van der Waals surface area contributed by atoms with Crippen molar-refractivity contribution in [1.29, 1.82) is 0 Å². The predicted octanol–water partition coefficient (Wildman–Crippen LogP) is 2.94. The summed E-state index contributed by atoms with van der Waals surface area (Å²) in [6, 6.07) is 3.71. The number of carbonyl (C=O) groups excluding carboxylic acids is 1. The molecule has 1 fully saturated rings. The Labute approximate surface area is 106 Å². The molecule has 1 N–H and O–H groups in total. The molecule has 2 rings (SSSR count). The maximum atomic E-state index is 13.2. The molecular formula is C14H18FNO2. The number of carbonyl (C=O) groups is 1. The van der Waals surface area contributed by atoms with Crippen LogP contribution in [0.4, 0.5) is 4.39 Å². The summed E-state index contributed by atoms with van der Waals surface area (Å²) < 4.78 is 13.2. The van der Waals surface area contributed by atoms with Crippen LogP contribution in [0.3, 0.4) is 0 Å². The third kappa shape index (κ3) is 2.47. The molecule has 1 aliphatic rings. The summed E-state index contributed by atoms with van der Waals surface area (Å²) in [5, 5.41) is 9.68. The number of phenolic OH excluding ortho intramolecular Hbond substituents is 1. The van der Waals surface area contributed by atoms with Gasteiger partial charge in [0.2, 0.25) is 0 Å². The van der Waals surface area contributed by atoms with E-state index in [0.29, 0.717) is 6.54 Å². The van der Waals surface area contributed by atoms with Gasteiger partial charge in [-0.3, -0.25) is 4.79 Å². The summed E-state index contributed by atoms with van der Waals surface area (Å²) in [5.41, 5.74) is 0.0590. The van der Waals surface area contributed by atoms with Gasteiger partial charge < -0.3 is 10.0 Å². The number of hydrogen-bond acceptors (Lipinski definition) is 2. The van der Waals surface area contributed by atoms with Gasteiger partial charge in [0.1, 0.15) is 11.6 Å². The van der Waals surface area contributed by atoms with E-state index in [1.807, 2.05) is 6.92 Å². The van der Waals surface area contributed by atoms with E-state index < -0.39 is 5.82 Å². The van der Waals surface area contributed by atoms with Crippen molar-refractivity contribution in [2.45, 2.75) is 38.6 Å². The van der Waals surface area contributed by atoms with Gasteiger partial charge in [0.15, 0.2) is 0 Å². The van der Waals surface area contributed by atoms with E-state index >= 15 is 0 Å². The first-order chi connectivity index (χ1) is 8.63. The van der Waals surface area contributed by atoms with Gasteiger partial charge in [0.25, 0.3) is 5.91 Å². The monoisotopic (exact) mass is 251 g/mol. The van der Waals surface area contributed by atoms with Gasteiger partial charge in [-0.25, -0.2) is 4.39 Å². The second-order valence-corrected chi connectivity index (χ2v) is 4.69. The number of aromatic hydroxyl groups is 1. The Bertz CT molecular complexity index is 441. The average Bonchev–Trinajstić information content (AvgIpc) is 2.87. The molecule has 1 saturated carbocycles. The molecule has 0 aliphatic heterocycles. The molecule has 0 heterocycles. The molecule has 0 saturated heterocycles. The summed E-state index contributed by atoms with van der Waals surface area (Å²) in [5.74, 6) is -0.933. The minimum Gasteiger partial charge on any atom is -0.507 e. The number of amides is 1. The van der Waals surface area contributed by atoms with Gasteiger partial charge in [-0.2, -0.15) is 0 Å². The zero-order chi connectivity index (χ0) is 13.1. The molecule has 0 radical (unpaired) electrons. The first-order valence-corrected chi connectivity index (χ1v) is 6.43. The standard InChI is InChI=1S/C14H18FNO2/c1-2-16(11-5-3-4-6-11)14(18)12-9-10(15)7-8-13(12)17/h7-9,11,17H,2-6H2,1H3. The van der Waals surface area contributed by atoms with Crippen molar-refractivity contribution in [1.82, 2.24) is 4.90 Å². The van der Waals surface area contributed by atoms with E-state index in [0.717, 1.165) is 37.8 Å². The highest BCUT2D eigenvalue weighted by atomic mass is 19.1. The van der Waals surface area contributed by atoms with Gasteiger partial charge in [-0.1, -0.05) is 12.8 Å². The molecule has 0 bridgehead atoms. The largest absolute Gasteiger partial charge is 0.507 e. The van der Waals surface area contributed by atoms with Crippen molar-refractivity contribution in [2.24, 2.45) is 0 Å². The Morgan fingerprint density at radius 2 is 2.11 bits per heavy atom. The first-order valence-electron chi connectivity index (χ1n) is 6.43. The van der Waals surface area contributed by atoms with Crippen molar-refractivity contribution in [2.75, 3.05) is 6.54 Å². The Kier molecular flexibility index (Phi) is 3.84. The highest BCUT2D eigenvalue weighted by Gasteiger charge is 2.27. The fourth-order valence-corrected chi connectivity index (χ4v) is 2.62. The zero-order valence-corrected chi connectivity index (χ0v) is 10.5. The minimum atomic E-state index is -0.501. The van der Waals surface area contributed by atoms with Crippen molar-refractivity contribution in [3.63, 3.8) is 0 Å². The highest BCUT2D eigenvalue weighted by molar-refractivity contribution is 5.97. The van der Waals surface area contributed by atoms with Gasteiger partial charge in [-0.15, -0.1) is 0 Å². The van der Waals surface area contributed by atoms with Crippen molar-refractivity contribution < 1.29 is 14.3 Å². The molecule has 0 unspecified atom stereocenters. The number of hydrogen-bond donors (Lipinski definition) is 1. The van der Waals surface area contributed by atoms with Crippen LogP contribution in [0.25, 0.3) is 0 Å². The number of rotatable bonds is 3. The second kappa shape index (κ2) is 5.38. The van der Waals surface area contributed by atoms with Gasteiger partial charge >= 0.3 is 0 Å². The average molecular weight is 251 g/mol. The van der Waals surface area contributed by atoms with Crippen LogP contribution < -0.4 is 0 Å². The summed E-state index contributed by atoms with van der Waals surface area (Å²) in [6.07, 6.45) is 4.25. The maximum absolute atomic E-state index is 13.2. The topological polar surface area (TPSA) is 40.5 Å². The summed E-state index contributed by atoms with van der Waals surface area (Å²) in [4.78, 5) is 14.1. The molecule has 4 heteroatoms. The third-order valence-corrected chi connectivity index (χ3v) is 3.56. The highest BCUT2D eigenvalue weighted by Crippen LogP contribution is 2.27. The molecule has 0 spiro atoms. The summed E-state index contributed by atoms with van der Waals surface area (Å²) in [6.45, 7) is 2.49. The predicted molar refractivity (Wildman–Crippen MR) is 67.0 cm³/mol. The molecular weight excluding hydrogens is 233 g/mol. The van der Waals surface area contributed by atoms with E-state index in [-0.39, 0.29) is 23.3 Å². The molecule has 18 heavy (non-hydrogen) atoms. The van der Waals surface area contributed by atoms with E-state index in [1.54, 1.807) is 4.90 Å². The lowest BCUT2D eigenvalue weighted by molar-refractivity contribution is 0.0690. The number of halogens is 1. The Morgan fingerprint density at radius 1 is 1.44 bits per heavy atom.